The zero-order chi connectivity index (χ0) is 24.5. The van der Waals surface area contributed by atoms with Crippen molar-refractivity contribution in [2.75, 3.05) is 9.80 Å². The topological polar surface area (TPSA) is 6.48 Å². The predicted molar refractivity (Wildman–Crippen MR) is 153 cm³/mol. The molecule has 36 heavy (non-hydrogen) atoms. The number of hydrogen-bond donors (Lipinski definition) is 0. The normalized spacial score (nSPS) is 12.9. The van der Waals surface area contributed by atoms with Crippen LogP contribution < -0.4 is 9.80 Å². The summed E-state index contributed by atoms with van der Waals surface area (Å²) in [7, 11) is 0. The molecule has 5 aromatic rings. The monoisotopic (exact) mass is 466 g/mol. The van der Waals surface area contributed by atoms with Crippen molar-refractivity contribution in [1.82, 2.24) is 0 Å². The molecule has 0 spiro atoms. The van der Waals surface area contributed by atoms with Crippen molar-refractivity contribution in [3.63, 3.8) is 0 Å². The van der Waals surface area contributed by atoms with Crippen molar-refractivity contribution in [2.24, 2.45) is 0 Å². The molecule has 2 heterocycles. The van der Waals surface area contributed by atoms with Gasteiger partial charge >= 0.3 is 0 Å². The molecule has 0 N–H and O–H groups in total. The quantitative estimate of drug-likeness (QED) is 0.250. The standard InChI is InChI=1S/C32H24N2.C2H6/c1-5-13-29-23(9-1)21-24-10-2-6-14-30(24)33(29)27-17-19-28(20-18-27)34-31-15-7-3-11-25(31)22-26-12-4-8-16-32(26)34;1-2/h1-20H,21-22H2;1-2H3. The van der Waals surface area contributed by atoms with Crippen LogP contribution in [-0.2, 0) is 12.8 Å². The summed E-state index contributed by atoms with van der Waals surface area (Å²) in [6, 6.07) is 44.0. The van der Waals surface area contributed by atoms with Gasteiger partial charge in [-0.1, -0.05) is 86.6 Å². The van der Waals surface area contributed by atoms with E-state index in [0.717, 1.165) is 12.8 Å². The molecule has 0 atom stereocenters. The smallest absolute Gasteiger partial charge is 0.0497 e. The van der Waals surface area contributed by atoms with E-state index in [4.69, 9.17) is 0 Å². The van der Waals surface area contributed by atoms with E-state index in [0.29, 0.717) is 0 Å². The SMILES string of the molecule is CC.c1ccc2c(c1)Cc1ccccc1N2c1ccc(N2c3ccccc3Cc3ccccc32)cc1. The molecule has 7 rings (SSSR count). The number of para-hydroxylation sites is 4. The Morgan fingerprint density at radius 2 is 0.611 bits per heavy atom. The summed E-state index contributed by atoms with van der Waals surface area (Å²) in [4.78, 5) is 4.80. The van der Waals surface area contributed by atoms with Crippen LogP contribution >= 0.6 is 0 Å². The highest BCUT2D eigenvalue weighted by Gasteiger charge is 2.25. The van der Waals surface area contributed by atoms with Crippen molar-refractivity contribution in [3.8, 4) is 0 Å². The molecule has 176 valence electrons. The van der Waals surface area contributed by atoms with E-state index in [9.17, 15) is 0 Å². The Hall–Kier alpha value is -4.30. The van der Waals surface area contributed by atoms with Crippen LogP contribution in [0.1, 0.15) is 36.1 Å². The Morgan fingerprint density at radius 1 is 0.361 bits per heavy atom. The summed E-state index contributed by atoms with van der Waals surface area (Å²) in [6.07, 6.45) is 1.95. The lowest BCUT2D eigenvalue weighted by Gasteiger charge is -2.35. The van der Waals surface area contributed by atoms with Crippen LogP contribution in [-0.4, -0.2) is 0 Å². The van der Waals surface area contributed by atoms with Gasteiger partial charge in [-0.2, -0.15) is 0 Å². The Labute approximate surface area is 214 Å². The van der Waals surface area contributed by atoms with Crippen LogP contribution in [0.25, 0.3) is 0 Å². The summed E-state index contributed by atoms with van der Waals surface area (Å²) >= 11 is 0. The summed E-state index contributed by atoms with van der Waals surface area (Å²) in [5.74, 6) is 0. The highest BCUT2D eigenvalue weighted by Crippen LogP contribution is 2.46. The molecule has 2 heteroatoms. The Bertz CT molecular complexity index is 1310. The third kappa shape index (κ3) is 3.67. The first-order valence-corrected chi connectivity index (χ1v) is 12.9. The second-order valence-electron chi connectivity index (χ2n) is 9.06. The highest BCUT2D eigenvalue weighted by atomic mass is 15.2. The van der Waals surface area contributed by atoms with Crippen molar-refractivity contribution in [2.45, 2.75) is 26.7 Å². The van der Waals surface area contributed by atoms with E-state index in [1.54, 1.807) is 0 Å². The van der Waals surface area contributed by atoms with Crippen LogP contribution in [0.3, 0.4) is 0 Å². The number of fused-ring (bicyclic) bond motifs is 4. The van der Waals surface area contributed by atoms with Gasteiger partial charge in [0.15, 0.2) is 0 Å². The maximum Gasteiger partial charge on any atom is 0.0497 e. The largest absolute Gasteiger partial charge is 0.310 e. The highest BCUT2D eigenvalue weighted by molar-refractivity contribution is 5.87. The minimum atomic E-state index is 0.974. The molecule has 2 nitrogen and oxygen atoms in total. The van der Waals surface area contributed by atoms with E-state index in [2.05, 4.69) is 131 Å². The number of nitrogens with zero attached hydrogens (tertiary/aromatic N) is 2. The third-order valence-corrected chi connectivity index (χ3v) is 7.06. The van der Waals surface area contributed by atoms with Gasteiger partial charge in [0, 0.05) is 47.0 Å². The van der Waals surface area contributed by atoms with E-state index in [-0.39, 0.29) is 0 Å². The molecule has 0 unspecified atom stereocenters. The molecule has 0 fully saturated rings. The van der Waals surface area contributed by atoms with E-state index < -0.39 is 0 Å². The van der Waals surface area contributed by atoms with Crippen LogP contribution in [0.5, 0.6) is 0 Å². The number of benzene rings is 5. The maximum absolute atomic E-state index is 2.40. The van der Waals surface area contributed by atoms with Gasteiger partial charge in [-0.3, -0.25) is 0 Å². The summed E-state index contributed by atoms with van der Waals surface area (Å²) in [5.41, 5.74) is 12.9. The Balaban J connectivity index is 0.00000117. The molecule has 0 bridgehead atoms. The average molecular weight is 467 g/mol. The van der Waals surface area contributed by atoms with Crippen molar-refractivity contribution >= 4 is 34.1 Å². The van der Waals surface area contributed by atoms with Gasteiger partial charge in [0.1, 0.15) is 0 Å². The van der Waals surface area contributed by atoms with Gasteiger partial charge in [-0.05, 0) is 70.8 Å². The Morgan fingerprint density at radius 3 is 0.889 bits per heavy atom. The summed E-state index contributed by atoms with van der Waals surface area (Å²) in [6.45, 7) is 4.00. The van der Waals surface area contributed by atoms with Gasteiger partial charge in [0.05, 0.1) is 0 Å². The van der Waals surface area contributed by atoms with Gasteiger partial charge < -0.3 is 9.80 Å². The number of rotatable bonds is 2. The molecule has 0 radical (unpaired) electrons. The lowest BCUT2D eigenvalue weighted by molar-refractivity contribution is 1.08. The van der Waals surface area contributed by atoms with Crippen LogP contribution in [0.2, 0.25) is 0 Å². The first-order chi connectivity index (χ1) is 17.9. The second-order valence-corrected chi connectivity index (χ2v) is 9.06. The third-order valence-electron chi connectivity index (χ3n) is 7.06. The summed E-state index contributed by atoms with van der Waals surface area (Å²) < 4.78 is 0. The van der Waals surface area contributed by atoms with Crippen LogP contribution in [0.4, 0.5) is 34.1 Å². The van der Waals surface area contributed by atoms with Crippen LogP contribution in [0.15, 0.2) is 121 Å². The Kier molecular flexibility index (Phi) is 5.79. The average Bonchev–Trinajstić information content (AvgIpc) is 2.96. The zero-order valence-electron chi connectivity index (χ0n) is 20.9. The van der Waals surface area contributed by atoms with Crippen molar-refractivity contribution in [1.29, 1.82) is 0 Å². The summed E-state index contributed by atoms with van der Waals surface area (Å²) in [5, 5.41) is 0. The minimum absolute atomic E-state index is 0.974. The van der Waals surface area contributed by atoms with Crippen molar-refractivity contribution in [3.05, 3.63) is 144 Å². The minimum Gasteiger partial charge on any atom is -0.310 e. The number of hydrogen-bond acceptors (Lipinski definition) is 2. The molecule has 0 aliphatic carbocycles. The fourth-order valence-corrected chi connectivity index (χ4v) is 5.49. The van der Waals surface area contributed by atoms with Gasteiger partial charge in [-0.25, -0.2) is 0 Å². The van der Waals surface area contributed by atoms with E-state index >= 15 is 0 Å². The fourth-order valence-electron chi connectivity index (χ4n) is 5.49. The zero-order valence-corrected chi connectivity index (χ0v) is 20.9. The molecule has 2 aliphatic heterocycles. The predicted octanol–water partition coefficient (Wildman–Crippen LogP) is 9.46. The van der Waals surface area contributed by atoms with E-state index in [1.165, 1.54) is 56.4 Å². The van der Waals surface area contributed by atoms with Gasteiger partial charge in [0.25, 0.3) is 0 Å². The lowest BCUT2D eigenvalue weighted by Crippen LogP contribution is -2.19. The van der Waals surface area contributed by atoms with E-state index in [1.807, 2.05) is 13.8 Å². The molecule has 2 aliphatic rings. The fraction of sp³-hybridized carbons (Fsp3) is 0.118. The van der Waals surface area contributed by atoms with Crippen molar-refractivity contribution < 1.29 is 0 Å². The second kappa shape index (κ2) is 9.39. The first kappa shape index (κ1) is 22.2. The maximum atomic E-state index is 2.40. The molecular formula is C34H30N2. The van der Waals surface area contributed by atoms with Crippen LogP contribution in [0, 0.1) is 0 Å². The molecule has 0 aromatic heterocycles. The first-order valence-electron chi connectivity index (χ1n) is 12.9. The molecule has 0 saturated carbocycles. The molecular weight excluding hydrogens is 436 g/mol. The van der Waals surface area contributed by atoms with Gasteiger partial charge in [0.2, 0.25) is 0 Å². The number of anilines is 6. The molecule has 0 amide bonds. The lowest BCUT2D eigenvalue weighted by atomic mass is 9.94. The van der Waals surface area contributed by atoms with Gasteiger partial charge in [-0.15, -0.1) is 0 Å². The molecule has 0 saturated heterocycles. The molecule has 5 aromatic carbocycles.